The van der Waals surface area contributed by atoms with E-state index in [2.05, 4.69) is 30.4 Å². The third-order valence-electron chi connectivity index (χ3n) is 5.38. The van der Waals surface area contributed by atoms with E-state index in [0.717, 1.165) is 11.1 Å². The van der Waals surface area contributed by atoms with Crippen LogP contribution in [0.4, 0.5) is 11.8 Å². The van der Waals surface area contributed by atoms with Crippen LogP contribution in [0, 0.1) is 6.92 Å². The molecule has 0 unspecified atom stereocenters. The number of hydrogen-bond acceptors (Lipinski definition) is 8. The highest BCUT2D eigenvalue weighted by molar-refractivity contribution is 5.95. The van der Waals surface area contributed by atoms with Crippen LogP contribution in [0.5, 0.6) is 0 Å². The zero-order valence-corrected chi connectivity index (χ0v) is 18.2. The molecule has 1 aromatic carbocycles. The number of nitrogens with zero attached hydrogens (tertiary/aromatic N) is 6. The molecule has 10 heteroatoms. The summed E-state index contributed by atoms with van der Waals surface area (Å²) in [5.74, 6) is 0.974. The molecule has 1 fully saturated rings. The molecular formula is C23H24N8O2. The van der Waals surface area contributed by atoms with Gasteiger partial charge in [-0.1, -0.05) is 29.8 Å². The van der Waals surface area contributed by atoms with E-state index in [-0.39, 0.29) is 12.3 Å². The minimum Gasteiger partial charge on any atom is -0.378 e. The van der Waals surface area contributed by atoms with E-state index in [1.807, 2.05) is 31.2 Å². The second-order valence-corrected chi connectivity index (χ2v) is 7.81. The first-order valence-electron chi connectivity index (χ1n) is 10.8. The summed E-state index contributed by atoms with van der Waals surface area (Å²) in [7, 11) is 0. The molecule has 0 atom stereocenters. The van der Waals surface area contributed by atoms with Gasteiger partial charge in [0, 0.05) is 19.3 Å². The van der Waals surface area contributed by atoms with Crippen molar-refractivity contribution >= 4 is 34.9 Å². The molecule has 1 saturated heterocycles. The number of ether oxygens (including phenoxy) is 1. The lowest BCUT2D eigenvalue weighted by Crippen LogP contribution is -2.37. The Morgan fingerprint density at radius 2 is 2.12 bits per heavy atom. The average molecular weight is 444 g/mol. The van der Waals surface area contributed by atoms with Gasteiger partial charge in [-0.05, 0) is 24.6 Å². The Morgan fingerprint density at radius 1 is 1.24 bits per heavy atom. The molecule has 1 aliphatic rings. The van der Waals surface area contributed by atoms with Crippen LogP contribution < -0.4 is 10.3 Å². The Kier molecular flexibility index (Phi) is 5.81. The minimum atomic E-state index is -0.0576. The van der Waals surface area contributed by atoms with Crippen LogP contribution in [0.15, 0.2) is 54.0 Å². The molecule has 0 spiro atoms. The standard InChI is InChI=1S/C23H24N8O2/c1-16-4-2-5-17(12-16)13-26-29-21-20-22(28-23(27-21)30-8-10-33-11-9-30)31(15-25-20)14-19(32)18-6-3-7-24-18/h2-7,12-13,15,24H,8-11,14H2,1H3,(H,27,28,29). The lowest BCUT2D eigenvalue weighted by atomic mass is 10.2. The lowest BCUT2D eigenvalue weighted by Gasteiger charge is -2.27. The van der Waals surface area contributed by atoms with E-state index in [1.54, 1.807) is 35.4 Å². The normalized spacial score (nSPS) is 14.3. The van der Waals surface area contributed by atoms with Gasteiger partial charge < -0.3 is 19.2 Å². The van der Waals surface area contributed by atoms with Crippen molar-refractivity contribution in [2.75, 3.05) is 36.6 Å². The largest absolute Gasteiger partial charge is 0.378 e. The van der Waals surface area contributed by atoms with Gasteiger partial charge in [0.2, 0.25) is 5.95 Å². The number of anilines is 2. The Labute approximate surface area is 190 Å². The zero-order chi connectivity index (χ0) is 22.6. The number of carbonyl (C=O) groups is 1. The summed E-state index contributed by atoms with van der Waals surface area (Å²) in [5, 5.41) is 4.37. The monoisotopic (exact) mass is 444 g/mol. The highest BCUT2D eigenvalue weighted by atomic mass is 16.5. The van der Waals surface area contributed by atoms with E-state index in [9.17, 15) is 4.79 Å². The number of hydrazone groups is 1. The fourth-order valence-electron chi connectivity index (χ4n) is 3.69. The van der Waals surface area contributed by atoms with Crippen molar-refractivity contribution in [3.8, 4) is 0 Å². The maximum absolute atomic E-state index is 12.7. The smallest absolute Gasteiger partial charge is 0.229 e. The van der Waals surface area contributed by atoms with Crippen molar-refractivity contribution in [2.45, 2.75) is 13.5 Å². The fourth-order valence-corrected chi connectivity index (χ4v) is 3.69. The Bertz CT molecular complexity index is 1290. The van der Waals surface area contributed by atoms with Gasteiger partial charge in [-0.3, -0.25) is 10.2 Å². The van der Waals surface area contributed by atoms with Crippen LogP contribution in [0.1, 0.15) is 21.6 Å². The van der Waals surface area contributed by atoms with Crippen LogP contribution in [0.2, 0.25) is 0 Å². The molecule has 0 saturated carbocycles. The van der Waals surface area contributed by atoms with Gasteiger partial charge in [0.15, 0.2) is 22.8 Å². The number of aromatic amines is 1. The molecule has 4 aromatic rings. The van der Waals surface area contributed by atoms with Crippen LogP contribution in [-0.2, 0) is 11.3 Å². The van der Waals surface area contributed by atoms with Crippen molar-refractivity contribution in [2.24, 2.45) is 5.10 Å². The van der Waals surface area contributed by atoms with Crippen LogP contribution in [0.3, 0.4) is 0 Å². The first kappa shape index (κ1) is 20.8. The second-order valence-electron chi connectivity index (χ2n) is 7.81. The minimum absolute atomic E-state index is 0.0576. The first-order valence-corrected chi connectivity index (χ1v) is 10.8. The van der Waals surface area contributed by atoms with Gasteiger partial charge in [-0.2, -0.15) is 15.1 Å². The molecular weight excluding hydrogens is 420 g/mol. The number of fused-ring (bicyclic) bond motifs is 1. The predicted molar refractivity (Wildman–Crippen MR) is 126 cm³/mol. The van der Waals surface area contributed by atoms with Crippen molar-refractivity contribution in [3.05, 3.63) is 65.7 Å². The molecule has 0 amide bonds. The van der Waals surface area contributed by atoms with Crippen LogP contribution in [-0.4, -0.2) is 62.8 Å². The number of benzene rings is 1. The molecule has 33 heavy (non-hydrogen) atoms. The number of aromatic nitrogens is 5. The van der Waals surface area contributed by atoms with E-state index in [4.69, 9.17) is 9.72 Å². The zero-order valence-electron chi connectivity index (χ0n) is 18.2. The summed E-state index contributed by atoms with van der Waals surface area (Å²) in [6.07, 6.45) is 5.08. The number of morpholine rings is 1. The van der Waals surface area contributed by atoms with Crippen LogP contribution >= 0.6 is 0 Å². The molecule has 0 bridgehead atoms. The molecule has 0 aliphatic carbocycles. The summed E-state index contributed by atoms with van der Waals surface area (Å²) < 4.78 is 7.20. The predicted octanol–water partition coefficient (Wildman–Crippen LogP) is 2.63. The van der Waals surface area contributed by atoms with Crippen molar-refractivity contribution in [1.82, 2.24) is 24.5 Å². The summed E-state index contributed by atoms with van der Waals surface area (Å²) in [6.45, 7) is 4.75. The van der Waals surface area contributed by atoms with Gasteiger partial charge in [-0.15, -0.1) is 0 Å². The molecule has 4 heterocycles. The van der Waals surface area contributed by atoms with Crippen molar-refractivity contribution < 1.29 is 9.53 Å². The summed E-state index contributed by atoms with van der Waals surface area (Å²) in [5.41, 5.74) is 6.81. The Balaban J connectivity index is 1.48. The lowest BCUT2D eigenvalue weighted by molar-refractivity contribution is 0.0969. The molecule has 10 nitrogen and oxygen atoms in total. The van der Waals surface area contributed by atoms with E-state index in [1.165, 1.54) is 0 Å². The molecule has 3 aromatic heterocycles. The Morgan fingerprint density at radius 3 is 2.91 bits per heavy atom. The van der Waals surface area contributed by atoms with Gasteiger partial charge in [0.25, 0.3) is 0 Å². The maximum atomic E-state index is 12.7. The SMILES string of the molecule is Cc1cccc(C=NNc2nc(N3CCOCC3)nc3c2ncn3CC(=O)c2ccc[nH]2)c1. The van der Waals surface area contributed by atoms with Gasteiger partial charge in [0.05, 0.1) is 38.0 Å². The Hall–Kier alpha value is -4.05. The van der Waals surface area contributed by atoms with Gasteiger partial charge in [0.1, 0.15) is 0 Å². The number of imidazole rings is 1. The number of carbonyl (C=O) groups excluding carboxylic acids is 1. The number of Topliss-reactive ketones (excluding diaryl/α,β-unsaturated/α-hetero) is 1. The van der Waals surface area contributed by atoms with Gasteiger partial charge in [-0.25, -0.2) is 4.98 Å². The van der Waals surface area contributed by atoms with Crippen molar-refractivity contribution in [3.63, 3.8) is 0 Å². The highest BCUT2D eigenvalue weighted by Crippen LogP contribution is 2.23. The van der Waals surface area contributed by atoms with Crippen molar-refractivity contribution in [1.29, 1.82) is 0 Å². The summed E-state index contributed by atoms with van der Waals surface area (Å²) in [4.78, 5) is 31.6. The highest BCUT2D eigenvalue weighted by Gasteiger charge is 2.20. The topological polar surface area (TPSA) is 113 Å². The third-order valence-corrected chi connectivity index (χ3v) is 5.38. The molecule has 0 radical (unpaired) electrons. The summed E-state index contributed by atoms with van der Waals surface area (Å²) in [6, 6.07) is 11.6. The quantitative estimate of drug-likeness (QED) is 0.256. The number of ketones is 1. The fraction of sp³-hybridized carbons (Fsp3) is 0.261. The van der Waals surface area contributed by atoms with Gasteiger partial charge >= 0.3 is 0 Å². The van der Waals surface area contributed by atoms with Crippen LogP contribution in [0.25, 0.3) is 11.2 Å². The first-order chi connectivity index (χ1) is 16.2. The number of aryl methyl sites for hydroxylation is 1. The molecule has 168 valence electrons. The third kappa shape index (κ3) is 4.60. The summed E-state index contributed by atoms with van der Waals surface area (Å²) >= 11 is 0. The van der Waals surface area contributed by atoms with E-state index < -0.39 is 0 Å². The molecule has 2 N–H and O–H groups in total. The van der Waals surface area contributed by atoms with E-state index in [0.29, 0.717) is 54.9 Å². The number of hydrogen-bond donors (Lipinski definition) is 2. The average Bonchev–Trinajstić information content (AvgIpc) is 3.51. The maximum Gasteiger partial charge on any atom is 0.229 e. The number of H-pyrrole nitrogens is 1. The molecule has 1 aliphatic heterocycles. The molecule has 5 rings (SSSR count). The second kappa shape index (κ2) is 9.21. The van der Waals surface area contributed by atoms with E-state index >= 15 is 0 Å². The number of nitrogens with one attached hydrogen (secondary N) is 2. The number of rotatable bonds is 7.